The number of imidazole rings is 1. The van der Waals surface area contributed by atoms with Crippen molar-refractivity contribution in [1.29, 1.82) is 0 Å². The maximum absolute atomic E-state index is 13.3. The van der Waals surface area contributed by atoms with E-state index in [1.807, 2.05) is 6.07 Å². The molecule has 10 heteroatoms. The van der Waals surface area contributed by atoms with E-state index in [1.165, 1.54) is 6.33 Å². The molecule has 0 aliphatic heterocycles. The highest BCUT2D eigenvalue weighted by Gasteiger charge is 2.26. The molecule has 0 radical (unpaired) electrons. The summed E-state index contributed by atoms with van der Waals surface area (Å²) < 4.78 is 13.6. The van der Waals surface area contributed by atoms with Gasteiger partial charge in [-0.2, -0.15) is 4.98 Å². The van der Waals surface area contributed by atoms with Gasteiger partial charge < -0.3 is 18.9 Å². The zero-order chi connectivity index (χ0) is 20.1. The fraction of sp³-hybridized carbons (Fsp3) is 0.333. The first-order chi connectivity index (χ1) is 13.3. The Labute approximate surface area is 164 Å². The van der Waals surface area contributed by atoms with Gasteiger partial charge in [0.2, 0.25) is 5.82 Å². The van der Waals surface area contributed by atoms with Crippen molar-refractivity contribution < 1.29 is 14.4 Å². The van der Waals surface area contributed by atoms with Crippen LogP contribution in [0.5, 0.6) is 0 Å². The van der Waals surface area contributed by atoms with E-state index in [1.54, 1.807) is 42.1 Å². The van der Waals surface area contributed by atoms with Gasteiger partial charge in [-0.05, 0) is 26.0 Å². The molecule has 0 amide bonds. The molecule has 0 bridgehead atoms. The van der Waals surface area contributed by atoms with E-state index in [-0.39, 0.29) is 28.5 Å². The number of fused-ring (bicyclic) bond motifs is 3. The first kappa shape index (κ1) is 18.6. The third kappa shape index (κ3) is 2.88. The molecule has 4 aromatic rings. The summed E-state index contributed by atoms with van der Waals surface area (Å²) in [6.45, 7) is 3.74. The van der Waals surface area contributed by atoms with Gasteiger partial charge >= 0.3 is 0 Å². The fourth-order valence-electron chi connectivity index (χ4n) is 3.05. The van der Waals surface area contributed by atoms with Crippen molar-refractivity contribution in [2.45, 2.75) is 26.0 Å². The van der Waals surface area contributed by atoms with Gasteiger partial charge in [-0.1, -0.05) is 22.8 Å². The number of aliphatic hydroxyl groups is 1. The molecule has 0 fully saturated rings. The lowest BCUT2D eigenvalue weighted by atomic mass is 10.1. The monoisotopic (exact) mass is 403 g/mol. The maximum Gasteiger partial charge on any atom is 0.279 e. The minimum Gasteiger partial charge on any atom is -0.383 e. The summed E-state index contributed by atoms with van der Waals surface area (Å²) in [5, 5.41) is 14.3. The number of para-hydroxylation sites is 1. The van der Waals surface area contributed by atoms with Crippen LogP contribution in [0, 0.1) is 0 Å². The number of nitrogens with zero attached hydrogens (tertiary/aromatic N) is 5. The molecule has 0 aliphatic carbocycles. The lowest BCUT2D eigenvalue weighted by Crippen LogP contribution is -2.25. The van der Waals surface area contributed by atoms with Crippen molar-refractivity contribution in [1.82, 2.24) is 24.1 Å². The minimum atomic E-state index is -1.28. The average molecular weight is 404 g/mol. The SMILES string of the molecule is COCCn1c(=O)c2c(-c3nc(C(C)(C)O)no3)ncn2c2cccc(Cl)c21. The van der Waals surface area contributed by atoms with E-state index in [0.29, 0.717) is 29.2 Å². The van der Waals surface area contributed by atoms with Gasteiger partial charge in [0.25, 0.3) is 11.4 Å². The topological polar surface area (TPSA) is 108 Å². The van der Waals surface area contributed by atoms with E-state index in [9.17, 15) is 9.90 Å². The van der Waals surface area contributed by atoms with Gasteiger partial charge in [0.05, 0.1) is 22.7 Å². The normalized spacial score (nSPS) is 12.3. The number of rotatable bonds is 5. The molecule has 0 spiro atoms. The second-order valence-electron chi connectivity index (χ2n) is 6.85. The smallest absolute Gasteiger partial charge is 0.279 e. The van der Waals surface area contributed by atoms with Crippen LogP contribution in [-0.4, -0.2) is 42.9 Å². The van der Waals surface area contributed by atoms with Crippen LogP contribution in [0.2, 0.25) is 5.02 Å². The predicted molar refractivity (Wildman–Crippen MR) is 102 cm³/mol. The number of methoxy groups -OCH3 is 1. The van der Waals surface area contributed by atoms with Gasteiger partial charge in [0.15, 0.2) is 5.69 Å². The second-order valence-corrected chi connectivity index (χ2v) is 7.26. The molecular weight excluding hydrogens is 386 g/mol. The lowest BCUT2D eigenvalue weighted by Gasteiger charge is -2.13. The Morgan fingerprint density at radius 2 is 2.11 bits per heavy atom. The lowest BCUT2D eigenvalue weighted by molar-refractivity contribution is 0.0661. The highest BCUT2D eigenvalue weighted by molar-refractivity contribution is 6.35. The number of ether oxygens (including phenoxy) is 1. The molecule has 0 atom stereocenters. The molecule has 3 aromatic heterocycles. The Morgan fingerprint density at radius 3 is 2.79 bits per heavy atom. The van der Waals surface area contributed by atoms with Crippen LogP contribution in [0.4, 0.5) is 0 Å². The van der Waals surface area contributed by atoms with Gasteiger partial charge in [-0.15, -0.1) is 0 Å². The summed E-state index contributed by atoms with van der Waals surface area (Å²) >= 11 is 6.39. The van der Waals surface area contributed by atoms with Crippen LogP contribution in [0.3, 0.4) is 0 Å². The highest BCUT2D eigenvalue weighted by Crippen LogP contribution is 2.28. The Morgan fingerprint density at radius 1 is 1.32 bits per heavy atom. The van der Waals surface area contributed by atoms with E-state index < -0.39 is 5.60 Å². The van der Waals surface area contributed by atoms with E-state index >= 15 is 0 Å². The molecule has 4 rings (SSSR count). The largest absolute Gasteiger partial charge is 0.383 e. The zero-order valence-electron chi connectivity index (χ0n) is 15.5. The second kappa shape index (κ2) is 6.69. The van der Waals surface area contributed by atoms with Gasteiger partial charge in [0, 0.05) is 13.7 Å². The van der Waals surface area contributed by atoms with E-state index in [4.69, 9.17) is 20.9 Å². The fourth-order valence-corrected chi connectivity index (χ4v) is 3.32. The van der Waals surface area contributed by atoms with Crippen LogP contribution in [0.25, 0.3) is 28.1 Å². The average Bonchev–Trinajstić information content (AvgIpc) is 3.29. The first-order valence-corrected chi connectivity index (χ1v) is 8.94. The molecule has 0 unspecified atom stereocenters. The summed E-state index contributed by atoms with van der Waals surface area (Å²) in [5.41, 5.74) is 0.214. The molecule has 0 aliphatic rings. The molecule has 28 heavy (non-hydrogen) atoms. The molecule has 146 valence electrons. The summed E-state index contributed by atoms with van der Waals surface area (Å²) in [4.78, 5) is 21.8. The number of hydrogen-bond donors (Lipinski definition) is 1. The van der Waals surface area contributed by atoms with Crippen LogP contribution >= 0.6 is 11.6 Å². The summed E-state index contributed by atoms with van der Waals surface area (Å²) in [6, 6.07) is 5.37. The number of halogens is 1. The van der Waals surface area contributed by atoms with Crippen LogP contribution in [0.1, 0.15) is 19.7 Å². The predicted octanol–water partition coefficient (Wildman–Crippen LogP) is 2.23. The Hall–Kier alpha value is -2.75. The molecule has 3 heterocycles. The first-order valence-electron chi connectivity index (χ1n) is 8.57. The number of benzene rings is 1. The van der Waals surface area contributed by atoms with Crippen molar-refractivity contribution in [3.05, 3.63) is 45.7 Å². The van der Waals surface area contributed by atoms with Gasteiger partial charge in [-0.25, -0.2) is 4.98 Å². The highest BCUT2D eigenvalue weighted by atomic mass is 35.5. The third-order valence-corrected chi connectivity index (χ3v) is 4.71. The van der Waals surface area contributed by atoms with Crippen molar-refractivity contribution in [3.63, 3.8) is 0 Å². The molecule has 1 aromatic carbocycles. The van der Waals surface area contributed by atoms with Gasteiger partial charge in [-0.3, -0.25) is 9.20 Å². The quantitative estimate of drug-likeness (QED) is 0.544. The third-order valence-electron chi connectivity index (χ3n) is 4.41. The summed E-state index contributed by atoms with van der Waals surface area (Å²) in [5.74, 6) is 0.156. The number of hydrogen-bond acceptors (Lipinski definition) is 7. The summed E-state index contributed by atoms with van der Waals surface area (Å²) in [7, 11) is 1.56. The molecule has 1 N–H and O–H groups in total. The van der Waals surface area contributed by atoms with Crippen LogP contribution in [-0.2, 0) is 16.9 Å². The zero-order valence-corrected chi connectivity index (χ0v) is 16.3. The maximum atomic E-state index is 13.3. The molecule has 0 saturated heterocycles. The summed E-state index contributed by atoms with van der Waals surface area (Å²) in [6.07, 6.45) is 1.51. The Balaban J connectivity index is 2.04. The molecule has 0 saturated carbocycles. The Bertz CT molecular complexity index is 1230. The minimum absolute atomic E-state index is 0.0522. The number of aromatic nitrogens is 5. The van der Waals surface area contributed by atoms with E-state index in [0.717, 1.165) is 0 Å². The van der Waals surface area contributed by atoms with Crippen molar-refractivity contribution in [2.75, 3.05) is 13.7 Å². The van der Waals surface area contributed by atoms with Crippen molar-refractivity contribution in [2.24, 2.45) is 0 Å². The van der Waals surface area contributed by atoms with Crippen molar-refractivity contribution >= 4 is 28.2 Å². The Kier molecular flexibility index (Phi) is 4.45. The van der Waals surface area contributed by atoms with Crippen LogP contribution < -0.4 is 5.56 Å². The van der Waals surface area contributed by atoms with Gasteiger partial charge in [0.1, 0.15) is 17.4 Å². The van der Waals surface area contributed by atoms with Crippen molar-refractivity contribution in [3.8, 4) is 11.6 Å². The molecule has 9 nitrogen and oxygen atoms in total. The van der Waals surface area contributed by atoms with Crippen LogP contribution in [0.15, 0.2) is 33.8 Å². The standard InChI is InChI=1S/C18H18ClN5O4/c1-18(2,26)17-21-15(28-22-17)12-14-16(25)23(7-8-27-3)13-10(19)5-4-6-11(13)24(14)9-20-12/h4-6,9,26H,7-8H2,1-3H3. The van der Waals surface area contributed by atoms with E-state index in [2.05, 4.69) is 15.1 Å². The molecular formula is C18H18ClN5O4.